The van der Waals surface area contributed by atoms with Gasteiger partial charge in [0.05, 0.1) is 0 Å². The van der Waals surface area contributed by atoms with Crippen molar-refractivity contribution in [2.45, 2.75) is 72.5 Å². The Morgan fingerprint density at radius 3 is 2.00 bits per heavy atom. The molecule has 0 radical (unpaired) electrons. The van der Waals surface area contributed by atoms with Crippen LogP contribution in [0.3, 0.4) is 0 Å². The van der Waals surface area contributed by atoms with Gasteiger partial charge in [0.15, 0.2) is 0 Å². The number of hydrogen-bond acceptors (Lipinski definition) is 2. The highest BCUT2D eigenvalue weighted by Gasteiger charge is 2.22. The van der Waals surface area contributed by atoms with E-state index in [1.54, 1.807) is 0 Å². The molecule has 0 aromatic carbocycles. The molecule has 0 aliphatic heterocycles. The molecule has 0 saturated carbocycles. The van der Waals surface area contributed by atoms with E-state index in [4.69, 9.17) is 0 Å². The summed E-state index contributed by atoms with van der Waals surface area (Å²) in [6.45, 7) is 14.8. The molecular formula is C14H32N2. The molecule has 0 heterocycles. The molecular weight excluding hydrogens is 196 g/mol. The fraction of sp³-hybridized carbons (Fsp3) is 1.00. The van der Waals surface area contributed by atoms with Gasteiger partial charge in [0.2, 0.25) is 0 Å². The van der Waals surface area contributed by atoms with E-state index < -0.39 is 0 Å². The van der Waals surface area contributed by atoms with Crippen LogP contribution < -0.4 is 5.32 Å². The van der Waals surface area contributed by atoms with Crippen molar-refractivity contribution in [3.05, 3.63) is 0 Å². The van der Waals surface area contributed by atoms with Crippen molar-refractivity contribution >= 4 is 0 Å². The summed E-state index contributed by atoms with van der Waals surface area (Å²) in [7, 11) is 2.26. The summed E-state index contributed by atoms with van der Waals surface area (Å²) in [5.74, 6) is 0.781. The highest BCUT2D eigenvalue weighted by molar-refractivity contribution is 4.81. The molecule has 16 heavy (non-hydrogen) atoms. The molecule has 0 amide bonds. The van der Waals surface area contributed by atoms with Gasteiger partial charge in [0.25, 0.3) is 0 Å². The summed E-state index contributed by atoms with van der Waals surface area (Å²) < 4.78 is 0. The van der Waals surface area contributed by atoms with Crippen LogP contribution in [0, 0.1) is 5.92 Å². The lowest BCUT2D eigenvalue weighted by atomic mass is 10.00. The second-order valence-corrected chi connectivity index (χ2v) is 5.46. The molecule has 1 N–H and O–H groups in total. The van der Waals surface area contributed by atoms with Crippen molar-refractivity contribution in [3.8, 4) is 0 Å². The summed E-state index contributed by atoms with van der Waals surface area (Å²) in [5, 5.41) is 3.58. The van der Waals surface area contributed by atoms with Crippen LogP contribution in [0.25, 0.3) is 0 Å². The molecule has 0 aliphatic rings. The predicted molar refractivity (Wildman–Crippen MR) is 73.9 cm³/mol. The predicted octanol–water partition coefficient (Wildman–Crippen LogP) is 3.13. The fourth-order valence-corrected chi connectivity index (χ4v) is 2.45. The quantitative estimate of drug-likeness (QED) is 0.686. The smallest absolute Gasteiger partial charge is 0.0220 e. The number of hydrogen-bond donors (Lipinski definition) is 1. The number of rotatable bonds is 8. The van der Waals surface area contributed by atoms with E-state index in [0.29, 0.717) is 18.1 Å². The average Bonchev–Trinajstić information content (AvgIpc) is 2.22. The fourth-order valence-electron chi connectivity index (χ4n) is 2.45. The van der Waals surface area contributed by atoms with E-state index in [0.717, 1.165) is 12.5 Å². The zero-order valence-corrected chi connectivity index (χ0v) is 12.4. The van der Waals surface area contributed by atoms with Crippen molar-refractivity contribution in [1.29, 1.82) is 0 Å². The third-order valence-corrected chi connectivity index (χ3v) is 3.64. The van der Waals surface area contributed by atoms with Crippen molar-refractivity contribution < 1.29 is 0 Å². The SMILES string of the molecule is CCNC(CC)C(C)N(C)C(C)CC(C)C. The van der Waals surface area contributed by atoms with E-state index in [1.165, 1.54) is 12.8 Å². The van der Waals surface area contributed by atoms with Crippen LogP contribution in [0.5, 0.6) is 0 Å². The van der Waals surface area contributed by atoms with Gasteiger partial charge in [-0.1, -0.05) is 27.7 Å². The molecule has 3 atom stereocenters. The van der Waals surface area contributed by atoms with Crippen molar-refractivity contribution in [1.82, 2.24) is 10.2 Å². The second-order valence-electron chi connectivity index (χ2n) is 5.46. The van der Waals surface area contributed by atoms with Crippen LogP contribution in [-0.2, 0) is 0 Å². The molecule has 0 saturated heterocycles. The average molecular weight is 228 g/mol. The van der Waals surface area contributed by atoms with Crippen molar-refractivity contribution in [3.63, 3.8) is 0 Å². The first-order valence-corrected chi connectivity index (χ1v) is 6.89. The van der Waals surface area contributed by atoms with Crippen molar-refractivity contribution in [2.24, 2.45) is 5.92 Å². The molecule has 2 nitrogen and oxygen atoms in total. The number of nitrogens with one attached hydrogen (secondary N) is 1. The Balaban J connectivity index is 4.27. The monoisotopic (exact) mass is 228 g/mol. The van der Waals surface area contributed by atoms with E-state index in [1.807, 2.05) is 0 Å². The Morgan fingerprint density at radius 2 is 1.62 bits per heavy atom. The molecule has 0 fully saturated rings. The van der Waals surface area contributed by atoms with Gasteiger partial charge in [-0.25, -0.2) is 0 Å². The highest BCUT2D eigenvalue weighted by Crippen LogP contribution is 2.15. The lowest BCUT2D eigenvalue weighted by Crippen LogP contribution is -2.49. The summed E-state index contributed by atoms with van der Waals surface area (Å²) in [5.41, 5.74) is 0. The maximum absolute atomic E-state index is 3.58. The van der Waals surface area contributed by atoms with Gasteiger partial charge in [-0.2, -0.15) is 0 Å². The highest BCUT2D eigenvalue weighted by atomic mass is 15.2. The van der Waals surface area contributed by atoms with E-state index in [9.17, 15) is 0 Å². The summed E-state index contributed by atoms with van der Waals surface area (Å²) in [4.78, 5) is 2.52. The normalized spacial score (nSPS) is 17.8. The largest absolute Gasteiger partial charge is 0.313 e. The van der Waals surface area contributed by atoms with Gasteiger partial charge >= 0.3 is 0 Å². The molecule has 0 rings (SSSR count). The molecule has 0 aromatic rings. The lowest BCUT2D eigenvalue weighted by Gasteiger charge is -2.36. The minimum absolute atomic E-state index is 0.610. The molecule has 2 heteroatoms. The van der Waals surface area contributed by atoms with Crippen LogP contribution in [-0.4, -0.2) is 36.6 Å². The molecule has 3 unspecified atom stereocenters. The summed E-state index contributed by atoms with van der Waals surface area (Å²) >= 11 is 0. The Morgan fingerprint density at radius 1 is 1.06 bits per heavy atom. The molecule has 0 aromatic heterocycles. The van der Waals surface area contributed by atoms with E-state index >= 15 is 0 Å². The second kappa shape index (κ2) is 8.08. The van der Waals surface area contributed by atoms with E-state index in [2.05, 4.69) is 58.8 Å². The zero-order valence-electron chi connectivity index (χ0n) is 12.4. The van der Waals surface area contributed by atoms with Gasteiger partial charge in [-0.15, -0.1) is 0 Å². The first kappa shape index (κ1) is 15.9. The van der Waals surface area contributed by atoms with E-state index in [-0.39, 0.29) is 0 Å². The van der Waals surface area contributed by atoms with Crippen LogP contribution >= 0.6 is 0 Å². The minimum Gasteiger partial charge on any atom is -0.313 e. The standard InChI is InChI=1S/C14H32N2/c1-8-14(15-9-2)13(6)16(7)12(5)10-11(3)4/h11-15H,8-10H2,1-7H3. The third-order valence-electron chi connectivity index (χ3n) is 3.64. The van der Waals surface area contributed by atoms with Gasteiger partial charge < -0.3 is 5.32 Å². The van der Waals surface area contributed by atoms with Gasteiger partial charge in [0.1, 0.15) is 0 Å². The van der Waals surface area contributed by atoms with Crippen LogP contribution in [0.2, 0.25) is 0 Å². The Bertz CT molecular complexity index is 168. The first-order valence-electron chi connectivity index (χ1n) is 6.89. The Hall–Kier alpha value is -0.0800. The summed E-state index contributed by atoms with van der Waals surface area (Å²) in [6, 6.07) is 1.89. The van der Waals surface area contributed by atoms with Gasteiger partial charge in [-0.05, 0) is 46.2 Å². The maximum atomic E-state index is 3.58. The van der Waals surface area contributed by atoms with Gasteiger partial charge in [-0.3, -0.25) is 4.90 Å². The molecule has 98 valence electrons. The lowest BCUT2D eigenvalue weighted by molar-refractivity contribution is 0.142. The minimum atomic E-state index is 0.610. The molecule has 0 spiro atoms. The van der Waals surface area contributed by atoms with Crippen LogP contribution in [0.1, 0.15) is 54.4 Å². The van der Waals surface area contributed by atoms with Crippen molar-refractivity contribution in [2.75, 3.05) is 13.6 Å². The Labute approximate surface area is 103 Å². The number of nitrogens with zero attached hydrogens (tertiary/aromatic N) is 1. The zero-order chi connectivity index (χ0) is 12.7. The Kier molecular flexibility index (Phi) is 8.04. The van der Waals surface area contributed by atoms with Crippen LogP contribution in [0.4, 0.5) is 0 Å². The molecule has 0 bridgehead atoms. The van der Waals surface area contributed by atoms with Gasteiger partial charge in [0, 0.05) is 18.1 Å². The number of likely N-dealkylation sites (N-methyl/N-ethyl adjacent to an activating group) is 2. The summed E-state index contributed by atoms with van der Waals surface area (Å²) in [6.07, 6.45) is 2.48. The topological polar surface area (TPSA) is 15.3 Å². The first-order chi connectivity index (χ1) is 7.43. The maximum Gasteiger partial charge on any atom is 0.0220 e. The third kappa shape index (κ3) is 5.31. The molecule has 0 aliphatic carbocycles. The van der Waals surface area contributed by atoms with Crippen LogP contribution in [0.15, 0.2) is 0 Å².